The van der Waals surface area contributed by atoms with Gasteiger partial charge in [0.15, 0.2) is 11.6 Å². The van der Waals surface area contributed by atoms with Crippen LogP contribution < -0.4 is 15.6 Å². The van der Waals surface area contributed by atoms with Gasteiger partial charge in [-0.05, 0) is 48.6 Å². The molecule has 28 heavy (non-hydrogen) atoms. The number of hydrogen-bond donors (Lipinski definition) is 1. The van der Waals surface area contributed by atoms with Gasteiger partial charge in [-0.1, -0.05) is 12.1 Å². The lowest BCUT2D eigenvalue weighted by molar-refractivity contribution is 0.402. The zero-order valence-electron chi connectivity index (χ0n) is 15.6. The fourth-order valence-corrected chi connectivity index (χ4v) is 3.39. The second-order valence-corrected chi connectivity index (χ2v) is 6.92. The van der Waals surface area contributed by atoms with Crippen LogP contribution in [-0.4, -0.2) is 22.9 Å². The van der Waals surface area contributed by atoms with E-state index in [0.29, 0.717) is 5.56 Å². The molecule has 1 aromatic heterocycles. The summed E-state index contributed by atoms with van der Waals surface area (Å²) in [5.74, 6) is -1.52. The topological polar surface area (TPSA) is 56.1 Å². The molecule has 3 rings (SSSR count). The maximum Gasteiger partial charge on any atom is 0.316 e. The van der Waals surface area contributed by atoms with Gasteiger partial charge in [-0.2, -0.15) is 4.98 Å². The van der Waals surface area contributed by atoms with Crippen molar-refractivity contribution >= 4 is 23.4 Å². The number of nitrogens with one attached hydrogen (secondary N) is 1. The lowest BCUT2D eigenvalue weighted by atomic mass is 10.2. The van der Waals surface area contributed by atoms with Crippen LogP contribution >= 0.6 is 11.8 Å². The molecule has 0 spiro atoms. The number of methoxy groups -OCH3 is 1. The Balaban J connectivity index is 2.03. The van der Waals surface area contributed by atoms with E-state index in [0.717, 1.165) is 28.3 Å². The van der Waals surface area contributed by atoms with E-state index in [1.807, 2.05) is 31.4 Å². The molecule has 2 aromatic carbocycles. The Morgan fingerprint density at radius 3 is 2.68 bits per heavy atom. The maximum atomic E-state index is 13.6. The van der Waals surface area contributed by atoms with Crippen molar-refractivity contribution in [3.8, 4) is 5.75 Å². The summed E-state index contributed by atoms with van der Waals surface area (Å²) in [6.45, 7) is 2.14. The molecule has 1 N–H and O–H groups in total. The Labute approximate surface area is 165 Å². The number of nitrogens with zero attached hydrogens (tertiary/aromatic N) is 2. The van der Waals surface area contributed by atoms with Crippen LogP contribution in [0.15, 0.2) is 52.3 Å². The highest BCUT2D eigenvalue weighted by Crippen LogP contribution is 2.28. The number of thioether (sulfide) groups is 1. The van der Waals surface area contributed by atoms with Crippen LogP contribution in [0.2, 0.25) is 0 Å². The Morgan fingerprint density at radius 2 is 2.00 bits per heavy atom. The second-order valence-electron chi connectivity index (χ2n) is 6.07. The molecule has 0 saturated heterocycles. The smallest absolute Gasteiger partial charge is 0.316 e. The van der Waals surface area contributed by atoms with Gasteiger partial charge in [0.2, 0.25) is 11.7 Å². The molecular formula is C20H19F2N3O2S. The van der Waals surface area contributed by atoms with Gasteiger partial charge in [0, 0.05) is 10.6 Å². The summed E-state index contributed by atoms with van der Waals surface area (Å²) < 4.78 is 33.5. The number of anilines is 2. The van der Waals surface area contributed by atoms with Crippen LogP contribution in [0.4, 0.5) is 20.4 Å². The van der Waals surface area contributed by atoms with Crippen molar-refractivity contribution in [1.29, 1.82) is 0 Å². The molecule has 0 radical (unpaired) electrons. The molecule has 0 bridgehead atoms. The number of aromatic nitrogens is 2. The Hall–Kier alpha value is -2.87. The summed E-state index contributed by atoms with van der Waals surface area (Å²) >= 11 is 1.61. The fraction of sp³-hybridized carbons (Fsp3) is 0.200. The standard InChI is InChI=1S/C20H19F2N3O2S/c1-12-16(5-4-6-18(12)28-3)23-20-24-19(26)17(27-2)11-25(20)10-13-7-8-14(21)15(22)9-13/h4-9,11H,10H2,1-3H3,(H,23,24,26). The lowest BCUT2D eigenvalue weighted by Gasteiger charge is -2.17. The normalized spacial score (nSPS) is 10.8. The minimum absolute atomic E-state index is 0.0581. The van der Waals surface area contributed by atoms with Crippen LogP contribution in [0.1, 0.15) is 11.1 Å². The van der Waals surface area contributed by atoms with E-state index in [1.165, 1.54) is 19.4 Å². The van der Waals surface area contributed by atoms with Gasteiger partial charge in [0.1, 0.15) is 0 Å². The van der Waals surface area contributed by atoms with Crippen LogP contribution in [-0.2, 0) is 6.54 Å². The summed E-state index contributed by atoms with van der Waals surface area (Å²) in [4.78, 5) is 17.3. The predicted octanol–water partition coefficient (Wildman–Crippen LogP) is 4.35. The van der Waals surface area contributed by atoms with E-state index in [1.54, 1.807) is 16.3 Å². The van der Waals surface area contributed by atoms with Crippen LogP contribution in [0.5, 0.6) is 5.75 Å². The first-order valence-corrected chi connectivity index (χ1v) is 9.65. The molecule has 0 aliphatic heterocycles. The fourth-order valence-electron chi connectivity index (χ4n) is 2.76. The van der Waals surface area contributed by atoms with Crippen LogP contribution in [0.3, 0.4) is 0 Å². The third-order valence-electron chi connectivity index (χ3n) is 4.27. The number of halogens is 2. The molecule has 0 unspecified atom stereocenters. The van der Waals surface area contributed by atoms with Crippen LogP contribution in [0.25, 0.3) is 0 Å². The predicted molar refractivity (Wildman–Crippen MR) is 107 cm³/mol. The van der Waals surface area contributed by atoms with Gasteiger partial charge in [0.05, 0.1) is 19.9 Å². The number of ether oxygens (including phenoxy) is 1. The summed E-state index contributed by atoms with van der Waals surface area (Å²) in [6, 6.07) is 9.45. The first-order valence-electron chi connectivity index (χ1n) is 8.43. The molecule has 0 atom stereocenters. The van der Waals surface area contributed by atoms with Crippen molar-refractivity contribution in [2.24, 2.45) is 0 Å². The maximum absolute atomic E-state index is 13.6. The minimum Gasteiger partial charge on any atom is -0.490 e. The highest BCUT2D eigenvalue weighted by molar-refractivity contribution is 7.98. The van der Waals surface area contributed by atoms with E-state index >= 15 is 0 Å². The van der Waals surface area contributed by atoms with Crippen molar-refractivity contribution in [1.82, 2.24) is 9.55 Å². The van der Waals surface area contributed by atoms with Gasteiger partial charge in [-0.15, -0.1) is 11.8 Å². The van der Waals surface area contributed by atoms with Gasteiger partial charge in [-0.25, -0.2) is 8.78 Å². The molecule has 0 saturated carbocycles. The molecule has 5 nitrogen and oxygen atoms in total. The number of rotatable bonds is 6. The second kappa shape index (κ2) is 8.43. The Bertz CT molecular complexity index is 1070. The molecule has 1 heterocycles. The molecule has 0 aliphatic rings. The number of hydrogen-bond acceptors (Lipinski definition) is 5. The van der Waals surface area contributed by atoms with E-state index in [2.05, 4.69) is 10.3 Å². The first kappa shape index (κ1) is 19.9. The van der Waals surface area contributed by atoms with Crippen molar-refractivity contribution in [2.45, 2.75) is 18.4 Å². The average Bonchev–Trinajstić information content (AvgIpc) is 2.68. The third kappa shape index (κ3) is 4.17. The summed E-state index contributed by atoms with van der Waals surface area (Å²) in [5.41, 5.74) is 1.80. The molecule has 0 fully saturated rings. The summed E-state index contributed by atoms with van der Waals surface area (Å²) in [6.07, 6.45) is 3.48. The molecule has 0 amide bonds. The van der Waals surface area contributed by atoms with Gasteiger partial charge >= 0.3 is 5.56 Å². The average molecular weight is 403 g/mol. The molecule has 0 aliphatic carbocycles. The molecule has 3 aromatic rings. The SMILES string of the molecule is COc1cn(Cc2ccc(F)c(F)c2)c(Nc2cccc(SC)c2C)nc1=O. The van der Waals surface area contributed by atoms with Crippen molar-refractivity contribution in [3.63, 3.8) is 0 Å². The number of benzene rings is 2. The Morgan fingerprint density at radius 1 is 1.21 bits per heavy atom. The quantitative estimate of drug-likeness (QED) is 0.620. The largest absolute Gasteiger partial charge is 0.490 e. The van der Waals surface area contributed by atoms with E-state index in [9.17, 15) is 13.6 Å². The Kier molecular flexibility index (Phi) is 5.99. The summed E-state index contributed by atoms with van der Waals surface area (Å²) in [7, 11) is 1.37. The van der Waals surface area contributed by atoms with Crippen LogP contribution in [0, 0.1) is 18.6 Å². The van der Waals surface area contributed by atoms with E-state index in [4.69, 9.17) is 4.74 Å². The highest BCUT2D eigenvalue weighted by atomic mass is 32.2. The summed E-state index contributed by atoms with van der Waals surface area (Å²) in [5, 5.41) is 3.17. The lowest BCUT2D eigenvalue weighted by Crippen LogP contribution is -2.19. The van der Waals surface area contributed by atoms with E-state index in [-0.39, 0.29) is 18.2 Å². The van der Waals surface area contributed by atoms with Crippen molar-refractivity contribution in [3.05, 3.63) is 75.7 Å². The molecule has 146 valence electrons. The minimum atomic E-state index is -0.934. The van der Waals surface area contributed by atoms with Crippen molar-refractivity contribution < 1.29 is 13.5 Å². The van der Waals surface area contributed by atoms with Gasteiger partial charge in [-0.3, -0.25) is 4.79 Å². The van der Waals surface area contributed by atoms with Gasteiger partial charge < -0.3 is 14.6 Å². The highest BCUT2D eigenvalue weighted by Gasteiger charge is 2.13. The van der Waals surface area contributed by atoms with E-state index < -0.39 is 17.2 Å². The monoisotopic (exact) mass is 403 g/mol. The zero-order chi connectivity index (χ0) is 20.3. The molecule has 8 heteroatoms. The third-order valence-corrected chi connectivity index (χ3v) is 5.15. The van der Waals surface area contributed by atoms with Crippen molar-refractivity contribution in [2.75, 3.05) is 18.7 Å². The molecular weight excluding hydrogens is 384 g/mol. The zero-order valence-corrected chi connectivity index (χ0v) is 16.4. The van der Waals surface area contributed by atoms with Gasteiger partial charge in [0.25, 0.3) is 0 Å². The first-order chi connectivity index (χ1) is 13.4.